The molecule has 1 aromatic heterocycles. The molecule has 0 saturated heterocycles. The summed E-state index contributed by atoms with van der Waals surface area (Å²) in [5.74, 6) is -0.321. The first-order valence-electron chi connectivity index (χ1n) is 5.19. The van der Waals surface area contributed by atoms with Crippen molar-refractivity contribution >= 4 is 63.6 Å². The first-order chi connectivity index (χ1) is 9.11. The smallest absolute Gasteiger partial charge is 0.304 e. The first kappa shape index (κ1) is 14.0. The number of aromatic nitrogens is 2. The van der Waals surface area contributed by atoms with Crippen molar-refractivity contribution in [1.29, 1.82) is 0 Å². The van der Waals surface area contributed by atoms with Crippen molar-refractivity contribution in [3.05, 3.63) is 17.2 Å². The number of hydrogen-bond acceptors (Lipinski definition) is 5. The third-order valence-electron chi connectivity index (χ3n) is 2.19. The second kappa shape index (κ2) is 6.14. The molecule has 0 spiro atoms. The molecule has 2 N–H and O–H groups in total. The largest absolute Gasteiger partial charge is 0.325 e. The van der Waals surface area contributed by atoms with Crippen LogP contribution in [0.1, 0.15) is 6.42 Å². The third-order valence-corrected chi connectivity index (χ3v) is 3.24. The molecule has 6 nitrogen and oxygen atoms in total. The number of imide groups is 1. The van der Waals surface area contributed by atoms with Gasteiger partial charge in [0, 0.05) is 12.3 Å². The van der Waals surface area contributed by atoms with Gasteiger partial charge in [0.2, 0.25) is 5.91 Å². The summed E-state index contributed by atoms with van der Waals surface area (Å²) in [7, 11) is 0. The Bertz CT molecular complexity index is 631. The van der Waals surface area contributed by atoms with Crippen molar-refractivity contribution in [3.63, 3.8) is 0 Å². The van der Waals surface area contributed by atoms with Gasteiger partial charge >= 0.3 is 6.03 Å². The summed E-state index contributed by atoms with van der Waals surface area (Å²) in [5.41, 5.74) is 1.43. The summed E-state index contributed by atoms with van der Waals surface area (Å²) >= 11 is 12.4. The number of hydrogen-bond donors (Lipinski definition) is 2. The fourth-order valence-corrected chi connectivity index (χ4v) is 2.28. The Balaban J connectivity index is 2.16. The van der Waals surface area contributed by atoms with E-state index in [1.165, 1.54) is 0 Å². The number of carbonyl (C=O) groups excluding carboxylic acids is 2. The normalized spacial score (nSPS) is 10.4. The molecule has 0 saturated carbocycles. The van der Waals surface area contributed by atoms with E-state index < -0.39 is 11.9 Å². The summed E-state index contributed by atoms with van der Waals surface area (Å²) in [5, 5.41) is 4.94. The monoisotopic (exact) mass is 318 g/mol. The van der Waals surface area contributed by atoms with Crippen LogP contribution < -0.4 is 10.6 Å². The average Bonchev–Trinajstić information content (AvgIpc) is 2.81. The van der Waals surface area contributed by atoms with Crippen molar-refractivity contribution in [2.24, 2.45) is 0 Å². The fraction of sp³-hybridized carbons (Fsp3) is 0.200. The molecular weight excluding hydrogens is 311 g/mol. The van der Waals surface area contributed by atoms with E-state index in [0.717, 1.165) is 11.7 Å². The molecule has 100 valence electrons. The van der Waals surface area contributed by atoms with Crippen LogP contribution in [0.25, 0.3) is 11.0 Å². The lowest BCUT2D eigenvalue weighted by atomic mass is 10.2. The Morgan fingerprint density at radius 1 is 1.32 bits per heavy atom. The first-order valence-corrected chi connectivity index (χ1v) is 6.83. The van der Waals surface area contributed by atoms with Gasteiger partial charge in [0.1, 0.15) is 11.0 Å². The molecule has 3 amide bonds. The lowest BCUT2D eigenvalue weighted by molar-refractivity contribution is -0.119. The molecule has 0 aliphatic carbocycles. The number of rotatable bonds is 3. The SMILES string of the molecule is O=C(CCCl)NC(=O)Nc1c(Cl)ccc2nsnc12. The van der Waals surface area contributed by atoms with Crippen LogP contribution in [-0.4, -0.2) is 26.6 Å². The maximum Gasteiger partial charge on any atom is 0.325 e. The quantitative estimate of drug-likeness (QED) is 0.852. The molecule has 19 heavy (non-hydrogen) atoms. The van der Waals surface area contributed by atoms with Crippen LogP contribution >= 0.6 is 34.9 Å². The number of nitrogens with zero attached hydrogens (tertiary/aromatic N) is 2. The molecular formula is C10H8Cl2N4O2S. The average molecular weight is 319 g/mol. The number of amides is 3. The van der Waals surface area contributed by atoms with Crippen LogP contribution in [0.4, 0.5) is 10.5 Å². The highest BCUT2D eigenvalue weighted by Crippen LogP contribution is 2.29. The van der Waals surface area contributed by atoms with E-state index >= 15 is 0 Å². The molecule has 0 aliphatic heterocycles. The van der Waals surface area contributed by atoms with Gasteiger partial charge in [-0.3, -0.25) is 10.1 Å². The summed E-state index contributed by atoms with van der Waals surface area (Å²) in [6.07, 6.45) is 0.0607. The molecule has 0 fully saturated rings. The lowest BCUT2D eigenvalue weighted by Gasteiger charge is -2.08. The molecule has 1 aromatic carbocycles. The van der Waals surface area contributed by atoms with Crippen LogP contribution in [0, 0.1) is 0 Å². The van der Waals surface area contributed by atoms with Gasteiger partial charge in [0.15, 0.2) is 0 Å². The maximum absolute atomic E-state index is 11.6. The number of nitrogens with one attached hydrogen (secondary N) is 2. The Hall–Kier alpha value is -1.44. The Labute approximate surface area is 122 Å². The molecule has 0 aliphatic rings. The second-order valence-electron chi connectivity index (χ2n) is 3.50. The number of urea groups is 1. The summed E-state index contributed by atoms with van der Waals surface area (Å²) < 4.78 is 8.08. The van der Waals surface area contributed by atoms with Gasteiger partial charge < -0.3 is 5.32 Å². The van der Waals surface area contributed by atoms with Gasteiger partial charge in [-0.15, -0.1) is 11.6 Å². The summed E-state index contributed by atoms with van der Waals surface area (Å²) in [4.78, 5) is 22.9. The third kappa shape index (κ3) is 3.31. The zero-order valence-corrected chi connectivity index (χ0v) is 11.8. The van der Waals surface area contributed by atoms with Crippen molar-refractivity contribution in [2.75, 3.05) is 11.2 Å². The highest BCUT2D eigenvalue weighted by atomic mass is 35.5. The standard InChI is InChI=1S/C10H8Cl2N4O2S/c11-4-3-7(17)13-10(18)14-8-5(12)1-2-6-9(8)16-19-15-6/h1-2H,3-4H2,(H2,13,14,17,18). The minimum Gasteiger partial charge on any atom is -0.304 e. The molecule has 1 heterocycles. The molecule has 2 aromatic rings. The maximum atomic E-state index is 11.6. The molecule has 0 atom stereocenters. The van der Waals surface area contributed by atoms with E-state index in [9.17, 15) is 9.59 Å². The van der Waals surface area contributed by atoms with Gasteiger partial charge in [0.25, 0.3) is 0 Å². The number of carbonyl (C=O) groups is 2. The van der Waals surface area contributed by atoms with E-state index in [1.54, 1.807) is 12.1 Å². The zero-order valence-electron chi connectivity index (χ0n) is 9.44. The van der Waals surface area contributed by atoms with Gasteiger partial charge in [-0.05, 0) is 12.1 Å². The van der Waals surface area contributed by atoms with E-state index in [2.05, 4.69) is 19.4 Å². The van der Waals surface area contributed by atoms with Crippen molar-refractivity contribution in [1.82, 2.24) is 14.1 Å². The van der Waals surface area contributed by atoms with Gasteiger partial charge in [0.05, 0.1) is 22.4 Å². The van der Waals surface area contributed by atoms with Gasteiger partial charge in [-0.1, -0.05) is 11.6 Å². The molecule has 2 rings (SSSR count). The number of halogens is 2. The Kier molecular flexibility index (Phi) is 4.52. The lowest BCUT2D eigenvalue weighted by Crippen LogP contribution is -2.34. The highest BCUT2D eigenvalue weighted by Gasteiger charge is 2.14. The number of anilines is 1. The van der Waals surface area contributed by atoms with E-state index in [4.69, 9.17) is 23.2 Å². The fourth-order valence-electron chi connectivity index (χ4n) is 1.37. The number of fused-ring (bicyclic) bond motifs is 1. The molecule has 9 heteroatoms. The molecule has 0 radical (unpaired) electrons. The van der Waals surface area contributed by atoms with Crippen molar-refractivity contribution in [3.8, 4) is 0 Å². The highest BCUT2D eigenvalue weighted by molar-refractivity contribution is 7.00. The van der Waals surface area contributed by atoms with Gasteiger partial charge in [-0.2, -0.15) is 8.75 Å². The number of benzene rings is 1. The van der Waals surface area contributed by atoms with Crippen molar-refractivity contribution < 1.29 is 9.59 Å². The van der Waals surface area contributed by atoms with Crippen molar-refractivity contribution in [2.45, 2.75) is 6.42 Å². The topological polar surface area (TPSA) is 84.0 Å². The summed E-state index contributed by atoms with van der Waals surface area (Å²) in [6, 6.07) is 2.61. The summed E-state index contributed by atoms with van der Waals surface area (Å²) in [6.45, 7) is 0. The Morgan fingerprint density at radius 3 is 2.84 bits per heavy atom. The molecule has 0 unspecified atom stereocenters. The van der Waals surface area contributed by atoms with Crippen LogP contribution in [0.3, 0.4) is 0 Å². The van der Waals surface area contributed by atoms with E-state index in [1.807, 2.05) is 0 Å². The van der Waals surface area contributed by atoms with Crippen LogP contribution in [0.2, 0.25) is 5.02 Å². The minimum atomic E-state index is -0.683. The second-order valence-corrected chi connectivity index (χ2v) is 4.81. The number of alkyl halides is 1. The molecule has 0 bridgehead atoms. The van der Waals surface area contributed by atoms with Crippen LogP contribution in [-0.2, 0) is 4.79 Å². The van der Waals surface area contributed by atoms with E-state index in [-0.39, 0.29) is 12.3 Å². The minimum absolute atomic E-state index is 0.0607. The predicted octanol–water partition coefficient (Wildman–Crippen LogP) is 2.62. The van der Waals surface area contributed by atoms with E-state index in [0.29, 0.717) is 21.7 Å². The Morgan fingerprint density at radius 2 is 2.11 bits per heavy atom. The zero-order chi connectivity index (χ0) is 13.8. The predicted molar refractivity (Wildman–Crippen MR) is 74.9 cm³/mol. The van der Waals surface area contributed by atoms with Crippen LogP contribution in [0.15, 0.2) is 12.1 Å². The van der Waals surface area contributed by atoms with Crippen LogP contribution in [0.5, 0.6) is 0 Å². The van der Waals surface area contributed by atoms with Gasteiger partial charge in [-0.25, -0.2) is 4.79 Å².